The first kappa shape index (κ1) is 14.7. The van der Waals surface area contributed by atoms with Crippen LogP contribution >= 0.6 is 0 Å². The number of methoxy groups -OCH3 is 1. The molecule has 0 radical (unpaired) electrons. The van der Waals surface area contributed by atoms with Crippen molar-refractivity contribution in [2.45, 2.75) is 6.92 Å². The van der Waals surface area contributed by atoms with Crippen molar-refractivity contribution >= 4 is 11.6 Å². The predicted octanol–water partition coefficient (Wildman–Crippen LogP) is 2.99. The molecule has 0 spiro atoms. The molecule has 4 nitrogen and oxygen atoms in total. The lowest BCUT2D eigenvalue weighted by atomic mass is 10.1. The first-order valence-corrected chi connectivity index (χ1v) is 6.35. The van der Waals surface area contributed by atoms with Gasteiger partial charge in [0.2, 0.25) is 0 Å². The number of hydrogen-bond acceptors (Lipinski definition) is 3. The molecule has 0 saturated carbocycles. The minimum atomic E-state index is -0.462. The normalized spacial score (nSPS) is 11.1. The third kappa shape index (κ3) is 3.89. The van der Waals surface area contributed by atoms with Crippen LogP contribution in [0.1, 0.15) is 22.8 Å². The van der Waals surface area contributed by atoms with Gasteiger partial charge in [-0.2, -0.15) is 5.10 Å². The fourth-order valence-corrected chi connectivity index (χ4v) is 1.74. The van der Waals surface area contributed by atoms with Gasteiger partial charge in [-0.1, -0.05) is 18.2 Å². The SMILES string of the molecule is COc1cccc(/C(C)=N/NC(=O)c2cccc(F)c2)c1. The quantitative estimate of drug-likeness (QED) is 0.694. The maximum absolute atomic E-state index is 13.0. The summed E-state index contributed by atoms with van der Waals surface area (Å²) < 4.78 is 18.2. The number of carbonyl (C=O) groups is 1. The summed E-state index contributed by atoms with van der Waals surface area (Å²) >= 11 is 0. The minimum absolute atomic E-state index is 0.220. The van der Waals surface area contributed by atoms with Crippen molar-refractivity contribution in [1.29, 1.82) is 0 Å². The van der Waals surface area contributed by atoms with Gasteiger partial charge in [-0.3, -0.25) is 4.79 Å². The summed E-state index contributed by atoms with van der Waals surface area (Å²) in [4.78, 5) is 11.8. The molecule has 1 N–H and O–H groups in total. The van der Waals surface area contributed by atoms with Crippen LogP contribution in [-0.2, 0) is 0 Å². The van der Waals surface area contributed by atoms with Crippen LogP contribution in [0.25, 0.3) is 0 Å². The first-order valence-electron chi connectivity index (χ1n) is 6.35. The van der Waals surface area contributed by atoms with Crippen molar-refractivity contribution in [3.05, 3.63) is 65.5 Å². The maximum Gasteiger partial charge on any atom is 0.271 e. The van der Waals surface area contributed by atoms with Gasteiger partial charge in [0.1, 0.15) is 11.6 Å². The van der Waals surface area contributed by atoms with Gasteiger partial charge in [0, 0.05) is 11.1 Å². The van der Waals surface area contributed by atoms with Gasteiger partial charge >= 0.3 is 0 Å². The third-order valence-electron chi connectivity index (χ3n) is 2.90. The Bertz CT molecular complexity index is 683. The largest absolute Gasteiger partial charge is 0.497 e. The summed E-state index contributed by atoms with van der Waals surface area (Å²) in [6, 6.07) is 12.8. The van der Waals surface area contributed by atoms with Crippen molar-refractivity contribution in [2.75, 3.05) is 7.11 Å². The smallest absolute Gasteiger partial charge is 0.271 e. The number of carbonyl (C=O) groups excluding carboxylic acids is 1. The summed E-state index contributed by atoms with van der Waals surface area (Å²) in [5.74, 6) is -0.216. The molecule has 21 heavy (non-hydrogen) atoms. The zero-order chi connectivity index (χ0) is 15.2. The number of ether oxygens (including phenoxy) is 1. The van der Waals surface area contributed by atoms with Gasteiger partial charge in [0.25, 0.3) is 5.91 Å². The third-order valence-corrected chi connectivity index (χ3v) is 2.90. The molecule has 1 amide bonds. The van der Waals surface area contributed by atoms with Crippen LogP contribution in [0.2, 0.25) is 0 Å². The number of hydrazone groups is 1. The van der Waals surface area contributed by atoms with Crippen LogP contribution in [0.15, 0.2) is 53.6 Å². The number of nitrogens with zero attached hydrogens (tertiary/aromatic N) is 1. The Balaban J connectivity index is 2.11. The van der Waals surface area contributed by atoms with Crippen molar-refractivity contribution in [1.82, 2.24) is 5.43 Å². The molecule has 0 aromatic heterocycles. The lowest BCUT2D eigenvalue weighted by molar-refractivity contribution is 0.0954. The Kier molecular flexibility index (Phi) is 4.66. The molecule has 0 fully saturated rings. The van der Waals surface area contributed by atoms with Gasteiger partial charge in [-0.15, -0.1) is 0 Å². The highest BCUT2D eigenvalue weighted by Gasteiger charge is 2.06. The lowest BCUT2D eigenvalue weighted by Gasteiger charge is -2.05. The highest BCUT2D eigenvalue weighted by atomic mass is 19.1. The van der Waals surface area contributed by atoms with E-state index < -0.39 is 11.7 Å². The molecule has 2 rings (SSSR count). The van der Waals surface area contributed by atoms with E-state index in [1.54, 1.807) is 14.0 Å². The minimum Gasteiger partial charge on any atom is -0.497 e. The summed E-state index contributed by atoms with van der Waals surface area (Å²) in [5, 5.41) is 4.01. The number of hydrogen-bond donors (Lipinski definition) is 1. The number of nitrogens with one attached hydrogen (secondary N) is 1. The maximum atomic E-state index is 13.0. The van der Waals surface area contributed by atoms with Crippen molar-refractivity contribution < 1.29 is 13.9 Å². The van der Waals surface area contributed by atoms with Crippen LogP contribution < -0.4 is 10.2 Å². The van der Waals surface area contributed by atoms with E-state index in [0.29, 0.717) is 11.5 Å². The molecule has 2 aromatic rings. The number of amides is 1. The Hall–Kier alpha value is -2.69. The van der Waals surface area contributed by atoms with Gasteiger partial charge < -0.3 is 4.74 Å². The second-order valence-electron chi connectivity index (χ2n) is 4.38. The standard InChI is InChI=1S/C16H15FN2O2/c1-11(12-5-4-8-15(10-12)21-2)18-19-16(20)13-6-3-7-14(17)9-13/h3-10H,1-2H3,(H,19,20)/b18-11+. The molecular formula is C16H15FN2O2. The molecule has 0 bridgehead atoms. The average molecular weight is 286 g/mol. The molecule has 0 atom stereocenters. The molecule has 0 aliphatic rings. The van der Waals surface area contributed by atoms with Gasteiger partial charge in [0.05, 0.1) is 12.8 Å². The van der Waals surface area contributed by atoms with Crippen molar-refractivity contribution in [3.63, 3.8) is 0 Å². The number of benzene rings is 2. The molecule has 5 heteroatoms. The zero-order valence-electron chi connectivity index (χ0n) is 11.8. The Morgan fingerprint density at radius 1 is 1.14 bits per heavy atom. The van der Waals surface area contributed by atoms with Crippen molar-refractivity contribution in [3.8, 4) is 5.75 Å². The van der Waals surface area contributed by atoms with Crippen LogP contribution in [-0.4, -0.2) is 18.7 Å². The highest BCUT2D eigenvalue weighted by molar-refractivity contribution is 6.01. The van der Waals surface area contributed by atoms with E-state index in [0.717, 1.165) is 11.6 Å². The molecule has 108 valence electrons. The molecular weight excluding hydrogens is 271 g/mol. The molecule has 0 heterocycles. The zero-order valence-corrected chi connectivity index (χ0v) is 11.8. The monoisotopic (exact) mass is 286 g/mol. The lowest BCUT2D eigenvalue weighted by Crippen LogP contribution is -2.19. The number of halogens is 1. The molecule has 0 unspecified atom stereocenters. The van der Waals surface area contributed by atoms with Crippen LogP contribution in [0.4, 0.5) is 4.39 Å². The topological polar surface area (TPSA) is 50.7 Å². The summed E-state index contributed by atoms with van der Waals surface area (Å²) in [5.41, 5.74) is 4.07. The summed E-state index contributed by atoms with van der Waals surface area (Å²) in [6.45, 7) is 1.76. The molecule has 2 aromatic carbocycles. The molecule has 0 saturated heterocycles. The van der Waals surface area contributed by atoms with Crippen LogP contribution in [0.5, 0.6) is 5.75 Å². The Morgan fingerprint density at radius 2 is 1.86 bits per heavy atom. The number of rotatable bonds is 4. The first-order chi connectivity index (χ1) is 10.1. The second-order valence-corrected chi connectivity index (χ2v) is 4.38. The van der Waals surface area contributed by atoms with E-state index in [9.17, 15) is 9.18 Å². The fraction of sp³-hybridized carbons (Fsp3) is 0.125. The molecule has 0 aliphatic heterocycles. The van der Waals surface area contributed by atoms with E-state index in [1.807, 2.05) is 24.3 Å². The van der Waals surface area contributed by atoms with E-state index in [1.165, 1.54) is 18.2 Å². The van der Waals surface area contributed by atoms with Gasteiger partial charge in [0.15, 0.2) is 0 Å². The summed E-state index contributed by atoms with van der Waals surface area (Å²) in [7, 11) is 1.58. The van der Waals surface area contributed by atoms with E-state index in [4.69, 9.17) is 4.74 Å². The average Bonchev–Trinajstić information content (AvgIpc) is 2.52. The van der Waals surface area contributed by atoms with Crippen LogP contribution in [0.3, 0.4) is 0 Å². The Morgan fingerprint density at radius 3 is 2.57 bits per heavy atom. The second kappa shape index (κ2) is 6.65. The van der Waals surface area contributed by atoms with Crippen LogP contribution in [0, 0.1) is 5.82 Å². The molecule has 0 aliphatic carbocycles. The summed E-state index contributed by atoms with van der Waals surface area (Å²) in [6.07, 6.45) is 0. The van der Waals surface area contributed by atoms with Gasteiger partial charge in [-0.25, -0.2) is 9.82 Å². The highest BCUT2D eigenvalue weighted by Crippen LogP contribution is 2.13. The fourth-order valence-electron chi connectivity index (χ4n) is 1.74. The Labute approximate surface area is 122 Å². The van der Waals surface area contributed by atoms with Crippen molar-refractivity contribution in [2.24, 2.45) is 5.10 Å². The predicted molar refractivity (Wildman–Crippen MR) is 79.1 cm³/mol. The van der Waals surface area contributed by atoms with E-state index in [2.05, 4.69) is 10.5 Å². The van der Waals surface area contributed by atoms with Gasteiger partial charge in [-0.05, 0) is 37.3 Å². The van der Waals surface area contributed by atoms with E-state index >= 15 is 0 Å². The van der Waals surface area contributed by atoms with E-state index in [-0.39, 0.29) is 5.56 Å².